The lowest BCUT2D eigenvalue weighted by Gasteiger charge is -2.28. The number of nitrogens with zero attached hydrogens (tertiary/aromatic N) is 2. The van der Waals surface area contributed by atoms with Crippen molar-refractivity contribution in [2.75, 3.05) is 25.2 Å². The number of phenols is 1. The summed E-state index contributed by atoms with van der Waals surface area (Å²) < 4.78 is 11.8. The average Bonchev–Trinajstić information content (AvgIpc) is 3.43. The summed E-state index contributed by atoms with van der Waals surface area (Å²) in [7, 11) is 1.40. The highest BCUT2D eigenvalue weighted by Crippen LogP contribution is 2.42. The Hall–Kier alpha value is -5.52. The van der Waals surface area contributed by atoms with Crippen molar-refractivity contribution < 1.29 is 44.0 Å². The molecule has 240 valence electrons. The number of hydrogen-bond acceptors (Lipinski definition) is 9. The predicted molar refractivity (Wildman–Crippen MR) is 171 cm³/mol. The number of aromatic hydroxyl groups is 1. The predicted octanol–water partition coefficient (Wildman–Crippen LogP) is 4.58. The van der Waals surface area contributed by atoms with Crippen molar-refractivity contribution in [1.82, 2.24) is 4.90 Å². The standard InChI is InChI=1S/C36H32N2O9/c1-19-5-6-20(13-30(19)41)36(2,3)21-7-12-29(31(14-21)46-18-22(40)17-39)38-34(44)26-11-9-24(16-28(26)35(38)45)47-23-8-10-25-27(15-23)33(43)37(4)32(25)42/h5-16,22,39-41H,17-18H2,1-4H3. The first-order valence-corrected chi connectivity index (χ1v) is 14.8. The fourth-order valence-electron chi connectivity index (χ4n) is 5.65. The molecule has 4 amide bonds. The van der Waals surface area contributed by atoms with Crippen molar-refractivity contribution in [3.05, 3.63) is 112 Å². The summed E-state index contributed by atoms with van der Waals surface area (Å²) in [5, 5.41) is 29.7. The van der Waals surface area contributed by atoms with Gasteiger partial charge in [0.1, 0.15) is 35.7 Å². The lowest BCUT2D eigenvalue weighted by atomic mass is 9.77. The Bertz CT molecular complexity index is 1980. The van der Waals surface area contributed by atoms with Gasteiger partial charge in [-0.15, -0.1) is 0 Å². The van der Waals surface area contributed by atoms with Crippen LogP contribution in [0.3, 0.4) is 0 Å². The number of amides is 4. The number of benzene rings is 4. The Labute approximate surface area is 270 Å². The van der Waals surface area contributed by atoms with E-state index in [0.29, 0.717) is 0 Å². The third-order valence-electron chi connectivity index (χ3n) is 8.65. The van der Waals surface area contributed by atoms with Crippen LogP contribution in [0.1, 0.15) is 72.0 Å². The van der Waals surface area contributed by atoms with Gasteiger partial charge >= 0.3 is 0 Å². The number of ether oxygens (including phenoxy) is 2. The lowest BCUT2D eigenvalue weighted by Crippen LogP contribution is -2.31. The zero-order valence-corrected chi connectivity index (χ0v) is 26.1. The molecule has 0 fully saturated rings. The highest BCUT2D eigenvalue weighted by Gasteiger charge is 2.39. The lowest BCUT2D eigenvalue weighted by molar-refractivity contribution is 0.0536. The zero-order chi connectivity index (χ0) is 33.8. The van der Waals surface area contributed by atoms with Gasteiger partial charge in [0.25, 0.3) is 23.6 Å². The minimum atomic E-state index is -1.21. The van der Waals surface area contributed by atoms with Crippen molar-refractivity contribution in [3.8, 4) is 23.0 Å². The van der Waals surface area contributed by atoms with Gasteiger partial charge in [0.2, 0.25) is 0 Å². The number of anilines is 1. The van der Waals surface area contributed by atoms with E-state index in [9.17, 15) is 34.5 Å². The third-order valence-corrected chi connectivity index (χ3v) is 8.65. The maximum Gasteiger partial charge on any atom is 0.266 e. The number of fused-ring (bicyclic) bond motifs is 2. The van der Waals surface area contributed by atoms with Crippen LogP contribution < -0.4 is 14.4 Å². The summed E-state index contributed by atoms with van der Waals surface area (Å²) >= 11 is 0. The van der Waals surface area contributed by atoms with Gasteiger partial charge in [-0.2, -0.15) is 0 Å². The Morgan fingerprint density at radius 1 is 0.745 bits per heavy atom. The van der Waals surface area contributed by atoms with Crippen LogP contribution >= 0.6 is 0 Å². The summed E-state index contributed by atoms with van der Waals surface area (Å²) in [6.45, 7) is 4.85. The fraction of sp³-hybridized carbons (Fsp3) is 0.222. The molecule has 3 N–H and O–H groups in total. The van der Waals surface area contributed by atoms with Crippen molar-refractivity contribution in [2.24, 2.45) is 0 Å². The maximum atomic E-state index is 13.8. The molecule has 2 heterocycles. The second-order valence-electron chi connectivity index (χ2n) is 12.1. The van der Waals surface area contributed by atoms with E-state index in [4.69, 9.17) is 9.47 Å². The van der Waals surface area contributed by atoms with E-state index in [-0.39, 0.29) is 57.5 Å². The van der Waals surface area contributed by atoms with Gasteiger partial charge < -0.3 is 24.8 Å². The molecule has 1 unspecified atom stereocenters. The van der Waals surface area contributed by atoms with Crippen LogP contribution in [0, 0.1) is 6.92 Å². The van der Waals surface area contributed by atoms with Crippen LogP contribution in [-0.4, -0.2) is 70.2 Å². The van der Waals surface area contributed by atoms with Crippen molar-refractivity contribution >= 4 is 29.3 Å². The average molecular weight is 637 g/mol. The van der Waals surface area contributed by atoms with Crippen LogP contribution in [0.25, 0.3) is 0 Å². The Morgan fingerprint density at radius 2 is 1.30 bits per heavy atom. The molecule has 0 saturated carbocycles. The van der Waals surface area contributed by atoms with Crippen LogP contribution in [0.15, 0.2) is 72.8 Å². The van der Waals surface area contributed by atoms with E-state index in [1.807, 2.05) is 26.0 Å². The molecule has 2 aliphatic heterocycles. The van der Waals surface area contributed by atoms with Gasteiger partial charge in [-0.25, -0.2) is 4.90 Å². The molecule has 11 heteroatoms. The van der Waals surface area contributed by atoms with Gasteiger partial charge in [0.05, 0.1) is 34.5 Å². The van der Waals surface area contributed by atoms with E-state index in [2.05, 4.69) is 0 Å². The number of aliphatic hydroxyl groups is 2. The van der Waals surface area contributed by atoms with Gasteiger partial charge in [-0.3, -0.25) is 24.1 Å². The van der Waals surface area contributed by atoms with Crippen molar-refractivity contribution in [2.45, 2.75) is 32.3 Å². The molecule has 0 saturated heterocycles. The first-order chi connectivity index (χ1) is 22.3. The first-order valence-electron chi connectivity index (χ1n) is 14.8. The number of aryl methyl sites for hydroxylation is 1. The van der Waals surface area contributed by atoms with E-state index in [1.54, 1.807) is 37.3 Å². The summed E-state index contributed by atoms with van der Waals surface area (Å²) in [6.07, 6.45) is -1.21. The molecule has 2 aliphatic rings. The molecule has 0 spiro atoms. The minimum Gasteiger partial charge on any atom is -0.508 e. The highest BCUT2D eigenvalue weighted by atomic mass is 16.5. The normalized spacial score (nSPS) is 14.9. The van der Waals surface area contributed by atoms with Crippen molar-refractivity contribution in [1.29, 1.82) is 0 Å². The highest BCUT2D eigenvalue weighted by molar-refractivity contribution is 6.35. The Morgan fingerprint density at radius 3 is 1.94 bits per heavy atom. The van der Waals surface area contributed by atoms with Gasteiger partial charge in [-0.05, 0) is 78.2 Å². The number of hydrogen-bond donors (Lipinski definition) is 3. The van der Waals surface area contributed by atoms with E-state index >= 15 is 0 Å². The zero-order valence-electron chi connectivity index (χ0n) is 26.1. The molecule has 0 radical (unpaired) electrons. The Balaban J connectivity index is 1.32. The summed E-state index contributed by atoms with van der Waals surface area (Å²) in [4.78, 5) is 54.1. The number of imide groups is 2. The van der Waals surface area contributed by atoms with Crippen molar-refractivity contribution in [3.63, 3.8) is 0 Å². The Kier molecular flexibility index (Phi) is 7.82. The van der Waals surface area contributed by atoms with E-state index < -0.39 is 41.8 Å². The largest absolute Gasteiger partial charge is 0.508 e. The topological polar surface area (TPSA) is 154 Å². The van der Waals surface area contributed by atoms with Crippen LogP contribution in [-0.2, 0) is 5.41 Å². The summed E-state index contributed by atoms with van der Waals surface area (Å²) in [6, 6.07) is 19.3. The molecule has 4 aromatic rings. The number of aliphatic hydroxyl groups excluding tert-OH is 2. The maximum absolute atomic E-state index is 13.8. The second kappa shape index (κ2) is 11.7. The molecule has 47 heavy (non-hydrogen) atoms. The number of phenolic OH excluding ortho intramolecular Hbond substituents is 1. The third kappa shape index (κ3) is 5.39. The SMILES string of the molecule is Cc1ccc(C(C)(C)c2ccc(N3C(=O)c4ccc(Oc5ccc6c(c5)C(=O)N(C)C6=O)cc4C3=O)c(OCC(O)CO)c2)cc1O. The number of carbonyl (C=O) groups excluding carboxylic acids is 4. The summed E-state index contributed by atoms with van der Waals surface area (Å²) in [5.41, 5.74) is 2.48. The molecule has 6 rings (SSSR count). The van der Waals surface area contributed by atoms with Crippen LogP contribution in [0.5, 0.6) is 23.0 Å². The van der Waals surface area contributed by atoms with E-state index in [0.717, 1.165) is 26.5 Å². The quantitative estimate of drug-likeness (QED) is 0.224. The second-order valence-corrected chi connectivity index (χ2v) is 12.1. The molecule has 0 aliphatic carbocycles. The van der Waals surface area contributed by atoms with E-state index in [1.165, 1.54) is 37.4 Å². The summed E-state index contributed by atoms with van der Waals surface area (Å²) in [5.74, 6) is -1.29. The van der Waals surface area contributed by atoms with Gasteiger partial charge in [0.15, 0.2) is 0 Å². The first kappa shape index (κ1) is 31.5. The monoisotopic (exact) mass is 636 g/mol. The fourth-order valence-corrected chi connectivity index (χ4v) is 5.65. The van der Waals surface area contributed by atoms with Gasteiger partial charge in [0, 0.05) is 12.5 Å². The minimum absolute atomic E-state index is 0.0838. The molecular formula is C36H32N2O9. The molecule has 11 nitrogen and oxygen atoms in total. The van der Waals surface area contributed by atoms with Crippen LogP contribution in [0.2, 0.25) is 0 Å². The number of carbonyl (C=O) groups is 4. The molecule has 4 aromatic carbocycles. The molecular weight excluding hydrogens is 604 g/mol. The molecule has 0 bridgehead atoms. The van der Waals surface area contributed by atoms with Crippen LogP contribution in [0.4, 0.5) is 5.69 Å². The molecule has 0 aromatic heterocycles. The smallest absolute Gasteiger partial charge is 0.266 e. The molecule has 1 atom stereocenters. The number of rotatable bonds is 9. The van der Waals surface area contributed by atoms with Gasteiger partial charge in [-0.1, -0.05) is 32.0 Å².